The minimum Gasteiger partial charge on any atom is -0.454 e. The topological polar surface area (TPSA) is 56.7 Å². The fourth-order valence-electron chi connectivity index (χ4n) is 8.31. The maximum Gasteiger partial charge on any atom is 0.164 e. The highest BCUT2D eigenvalue weighted by molar-refractivity contribution is 6.19. The second kappa shape index (κ2) is 11.1. The molecule has 0 amide bonds. The van der Waals surface area contributed by atoms with Crippen LogP contribution in [0.1, 0.15) is 31.8 Å². The highest BCUT2D eigenvalue weighted by atomic mass is 16.3. The lowest BCUT2D eigenvalue weighted by molar-refractivity contribution is 0.660. The molecule has 1 aliphatic carbocycles. The third-order valence-electron chi connectivity index (χ3n) is 10.7. The molecule has 0 saturated heterocycles. The zero-order valence-corrected chi connectivity index (χ0v) is 28.8. The van der Waals surface area contributed by atoms with Crippen LogP contribution in [0.15, 0.2) is 162 Å². The molecule has 11 rings (SSSR count). The van der Waals surface area contributed by atoms with Gasteiger partial charge in [-0.25, -0.2) is 15.0 Å². The van der Waals surface area contributed by atoms with Gasteiger partial charge in [0.25, 0.3) is 0 Å². The van der Waals surface area contributed by atoms with Crippen molar-refractivity contribution in [2.24, 2.45) is 0 Å². The van der Waals surface area contributed by atoms with Gasteiger partial charge in [-0.3, -0.25) is 0 Å². The van der Waals surface area contributed by atoms with Gasteiger partial charge >= 0.3 is 0 Å². The lowest BCUT2D eigenvalue weighted by atomic mass is 9.82. The Morgan fingerprint density at radius 1 is 0.566 bits per heavy atom. The van der Waals surface area contributed by atoms with Crippen LogP contribution in [0.4, 0.5) is 0 Å². The summed E-state index contributed by atoms with van der Waals surface area (Å²) >= 11 is 0. The fraction of sp³-hybridized carbons (Fsp3) is 0.0625. The Hall–Kier alpha value is -6.85. The smallest absolute Gasteiger partial charge is 0.164 e. The van der Waals surface area contributed by atoms with Crippen molar-refractivity contribution in [1.82, 2.24) is 19.5 Å². The Balaban J connectivity index is 1.12. The number of hydrogen-bond donors (Lipinski definition) is 0. The molecule has 1 aliphatic rings. The van der Waals surface area contributed by atoms with E-state index < -0.39 is 18.1 Å². The molecule has 0 aliphatic heterocycles. The summed E-state index contributed by atoms with van der Waals surface area (Å²) in [7, 11) is 0. The van der Waals surface area contributed by atoms with Crippen LogP contribution in [0.2, 0.25) is 0 Å². The monoisotopic (exact) mass is 685 g/mol. The fourth-order valence-corrected chi connectivity index (χ4v) is 8.31. The van der Waals surface area contributed by atoms with Gasteiger partial charge in [0, 0.05) is 43.7 Å². The molecule has 0 spiro atoms. The Bertz CT molecular complexity index is 3360. The number of fused-ring (bicyclic) bond motifs is 10. The van der Waals surface area contributed by atoms with Crippen LogP contribution < -0.4 is 0 Å². The van der Waals surface area contributed by atoms with Crippen molar-refractivity contribution in [2.75, 3.05) is 0 Å². The van der Waals surface area contributed by atoms with Gasteiger partial charge in [-0.2, -0.15) is 0 Å². The molecular formula is C48H32N4O. The third-order valence-corrected chi connectivity index (χ3v) is 10.7. The van der Waals surface area contributed by atoms with E-state index in [2.05, 4.69) is 102 Å². The first kappa shape index (κ1) is 25.2. The molecule has 0 bridgehead atoms. The molecule has 0 radical (unpaired) electrons. The summed E-state index contributed by atoms with van der Waals surface area (Å²) in [6.45, 7) is 4.62. The first-order chi connectivity index (χ1) is 28.1. The number of nitrogens with zero attached hydrogens (tertiary/aromatic N) is 4. The Morgan fingerprint density at radius 2 is 1.28 bits per heavy atom. The molecule has 3 heterocycles. The highest BCUT2D eigenvalue weighted by Gasteiger charge is 2.37. The van der Waals surface area contributed by atoms with Gasteiger partial charge in [0.2, 0.25) is 0 Å². The van der Waals surface area contributed by atoms with Gasteiger partial charge in [0.1, 0.15) is 5.58 Å². The van der Waals surface area contributed by atoms with Crippen molar-refractivity contribution in [3.8, 4) is 51.0 Å². The van der Waals surface area contributed by atoms with Crippen LogP contribution in [0.3, 0.4) is 0 Å². The van der Waals surface area contributed by atoms with Crippen molar-refractivity contribution in [2.45, 2.75) is 19.3 Å². The number of hydrogen-bond acceptors (Lipinski definition) is 4. The zero-order valence-electron chi connectivity index (χ0n) is 33.8. The molecule has 3 aromatic heterocycles. The second-order valence-corrected chi connectivity index (χ2v) is 14.0. The van der Waals surface area contributed by atoms with Crippen LogP contribution in [0.25, 0.3) is 94.7 Å². The number of rotatable bonds is 4. The molecule has 7 aromatic carbocycles. The van der Waals surface area contributed by atoms with E-state index in [1.54, 1.807) is 0 Å². The van der Waals surface area contributed by atoms with E-state index in [-0.39, 0.29) is 34.7 Å². The minimum absolute atomic E-state index is 0.0169. The van der Waals surface area contributed by atoms with Gasteiger partial charge in [0.15, 0.2) is 23.1 Å². The molecule has 0 saturated carbocycles. The van der Waals surface area contributed by atoms with Crippen molar-refractivity contribution >= 4 is 43.7 Å². The van der Waals surface area contributed by atoms with Crippen molar-refractivity contribution in [1.29, 1.82) is 0 Å². The summed E-state index contributed by atoms with van der Waals surface area (Å²) in [5.41, 5.74) is 10.8. The van der Waals surface area contributed by atoms with Gasteiger partial charge < -0.3 is 8.98 Å². The van der Waals surface area contributed by atoms with Gasteiger partial charge in [-0.1, -0.05) is 141 Å². The lowest BCUT2D eigenvalue weighted by Gasteiger charge is -2.21. The summed E-state index contributed by atoms with van der Waals surface area (Å²) < 4.78 is 51.2. The van der Waals surface area contributed by atoms with Gasteiger partial charge in [0.05, 0.1) is 23.6 Å². The average molecular weight is 686 g/mol. The zero-order chi connectivity index (χ0) is 39.6. The molecule has 10 aromatic rings. The molecular weight excluding hydrogens is 649 g/mol. The number of para-hydroxylation sites is 2. The average Bonchev–Trinajstić information content (AvgIpc) is 3.87. The Morgan fingerprint density at radius 3 is 2.13 bits per heavy atom. The highest BCUT2D eigenvalue weighted by Crippen LogP contribution is 2.53. The summed E-state index contributed by atoms with van der Waals surface area (Å²) in [5.74, 6) is 0.567. The Labute approximate surface area is 312 Å². The number of aromatic nitrogens is 4. The van der Waals surface area contributed by atoms with Crippen LogP contribution in [-0.2, 0) is 5.41 Å². The van der Waals surface area contributed by atoms with E-state index in [0.717, 1.165) is 33.1 Å². The van der Waals surface area contributed by atoms with E-state index in [0.29, 0.717) is 22.5 Å². The first-order valence-corrected chi connectivity index (χ1v) is 17.6. The second-order valence-electron chi connectivity index (χ2n) is 14.0. The lowest BCUT2D eigenvalue weighted by Crippen LogP contribution is -2.14. The molecule has 0 atom stereocenters. The van der Waals surface area contributed by atoms with Crippen molar-refractivity contribution < 1.29 is 11.3 Å². The summed E-state index contributed by atoms with van der Waals surface area (Å²) in [6.07, 6.45) is 0. The Kier molecular flexibility index (Phi) is 5.26. The van der Waals surface area contributed by atoms with Gasteiger partial charge in [-0.15, -0.1) is 0 Å². The van der Waals surface area contributed by atoms with Crippen molar-refractivity contribution in [3.05, 3.63) is 169 Å². The van der Waals surface area contributed by atoms with Crippen LogP contribution in [0, 0.1) is 0 Å². The van der Waals surface area contributed by atoms with E-state index >= 15 is 0 Å². The van der Waals surface area contributed by atoms with E-state index in [1.165, 1.54) is 33.0 Å². The summed E-state index contributed by atoms with van der Waals surface area (Å²) in [4.78, 5) is 14.2. The van der Waals surface area contributed by atoms with E-state index in [4.69, 9.17) is 21.2 Å². The minimum atomic E-state index is -0.481. The van der Waals surface area contributed by atoms with Crippen LogP contribution in [0.5, 0.6) is 0 Å². The molecule has 5 nitrogen and oxygen atoms in total. The van der Waals surface area contributed by atoms with Crippen LogP contribution >= 0.6 is 0 Å². The predicted octanol–water partition coefficient (Wildman–Crippen LogP) is 12.2. The van der Waals surface area contributed by atoms with Crippen molar-refractivity contribution in [3.63, 3.8) is 0 Å². The molecule has 0 unspecified atom stereocenters. The summed E-state index contributed by atoms with van der Waals surface area (Å²) in [5, 5.41) is 4.27. The standard InChI is InChI=1S/C48H32N4O/c1-48(2)36-21-11-9-18-34(36)42-37(48)26-27-39-43(42)35-19-10-12-22-38(35)52(39)40-23-13-20-33-32-25-24-31(28-41(32)53-44(33)40)47-50-45(29-14-5-3-6-15-29)49-46(51-47)30-16-7-4-8-17-30/h3-28H,1-2H3/i3D,5D,6D,14D,15D. The number of furan rings is 1. The van der Waals surface area contributed by atoms with Gasteiger partial charge in [-0.05, 0) is 52.6 Å². The largest absolute Gasteiger partial charge is 0.454 e. The molecule has 250 valence electrons. The molecule has 5 heteroatoms. The quantitative estimate of drug-likeness (QED) is 0.185. The normalized spacial score (nSPS) is 14.6. The van der Waals surface area contributed by atoms with Crippen LogP contribution in [-0.4, -0.2) is 19.5 Å². The third kappa shape index (κ3) is 4.34. The maximum absolute atomic E-state index is 8.67. The first-order valence-electron chi connectivity index (χ1n) is 20.1. The van der Waals surface area contributed by atoms with E-state index in [9.17, 15) is 0 Å². The predicted molar refractivity (Wildman–Crippen MR) is 215 cm³/mol. The SMILES string of the molecule is [2H]c1c([2H])c([2H])c(-c2nc(-c3ccccc3)nc(-c3ccc4c(c3)oc3c(-n5c6ccccc6c6c7c(ccc65)C(C)(C)c5ccccc5-7)cccc34)n2)c([2H])c1[2H]. The molecule has 0 N–H and O–H groups in total. The number of benzene rings is 7. The van der Waals surface area contributed by atoms with E-state index in [1.807, 2.05) is 48.5 Å². The molecule has 53 heavy (non-hydrogen) atoms. The molecule has 0 fully saturated rings. The summed E-state index contributed by atoms with van der Waals surface area (Å²) in [6, 6.07) is 41.1. The maximum atomic E-state index is 8.67.